The molecule has 1 atom stereocenters. The zero-order valence-corrected chi connectivity index (χ0v) is 41.1. The van der Waals surface area contributed by atoms with Crippen LogP contribution in [-0.2, 0) is 28.6 Å². The van der Waals surface area contributed by atoms with Crippen molar-refractivity contribution in [3.63, 3.8) is 0 Å². The maximum Gasteiger partial charge on any atom is 0.306 e. The number of ether oxygens (including phenoxy) is 3. The minimum absolute atomic E-state index is 0.0784. The fraction of sp³-hybridized carbons (Fsp3) is 0.804. The second-order valence-electron chi connectivity index (χ2n) is 17.8. The van der Waals surface area contributed by atoms with E-state index in [0.717, 1.165) is 89.9 Å². The molecule has 6 heteroatoms. The smallest absolute Gasteiger partial charge is 0.306 e. The average Bonchev–Trinajstić information content (AvgIpc) is 3.27. The molecule has 0 aliphatic heterocycles. The summed E-state index contributed by atoms with van der Waals surface area (Å²) in [6.45, 7) is 6.59. The van der Waals surface area contributed by atoms with E-state index in [-0.39, 0.29) is 31.1 Å². The molecule has 0 bridgehead atoms. The topological polar surface area (TPSA) is 78.9 Å². The normalized spacial score (nSPS) is 12.4. The molecule has 0 fully saturated rings. The van der Waals surface area contributed by atoms with E-state index in [2.05, 4.69) is 69.4 Å². The summed E-state index contributed by atoms with van der Waals surface area (Å²) >= 11 is 0. The number of hydrogen-bond donors (Lipinski definition) is 0. The molecule has 0 saturated carbocycles. The van der Waals surface area contributed by atoms with Crippen molar-refractivity contribution in [1.82, 2.24) is 0 Å². The van der Waals surface area contributed by atoms with Gasteiger partial charge in [0.25, 0.3) is 0 Å². The number of allylic oxidation sites excluding steroid dienone is 8. The van der Waals surface area contributed by atoms with E-state index in [9.17, 15) is 14.4 Å². The van der Waals surface area contributed by atoms with Crippen molar-refractivity contribution in [3.05, 3.63) is 48.6 Å². The van der Waals surface area contributed by atoms with E-state index in [1.165, 1.54) is 141 Å². The lowest BCUT2D eigenvalue weighted by molar-refractivity contribution is -0.167. The molecule has 360 valence electrons. The first kappa shape index (κ1) is 59.4. The van der Waals surface area contributed by atoms with Crippen molar-refractivity contribution in [2.75, 3.05) is 13.2 Å². The van der Waals surface area contributed by atoms with E-state index in [1.807, 2.05) is 0 Å². The standard InChI is InChI=1S/C56H100O6/c1-4-7-10-13-16-19-22-25-26-27-28-29-30-32-34-37-40-43-46-49-55(58)61-52-53(51-60-54(57)48-45-42-39-36-33-24-21-18-15-12-9-6-3)62-56(59)50-47-44-41-38-35-31-23-20-17-14-11-8-5-2/h16,19-20,23,25-26,28-29,53H,4-15,17-18,21-22,24,27,30-52H2,1-3H3/b19-16-,23-20-,26-25-,29-28-. The Morgan fingerprint density at radius 1 is 0.323 bits per heavy atom. The molecule has 1 unspecified atom stereocenters. The monoisotopic (exact) mass is 869 g/mol. The summed E-state index contributed by atoms with van der Waals surface area (Å²) in [5, 5.41) is 0. The summed E-state index contributed by atoms with van der Waals surface area (Å²) in [5.74, 6) is -0.892. The van der Waals surface area contributed by atoms with Crippen LogP contribution in [-0.4, -0.2) is 37.2 Å². The molecule has 0 aromatic heterocycles. The Balaban J connectivity index is 4.36. The molecule has 0 spiro atoms. The molecule has 0 N–H and O–H groups in total. The molecule has 0 heterocycles. The number of hydrogen-bond acceptors (Lipinski definition) is 6. The van der Waals surface area contributed by atoms with Crippen molar-refractivity contribution in [2.45, 2.75) is 277 Å². The highest BCUT2D eigenvalue weighted by molar-refractivity contribution is 5.71. The molecule has 0 radical (unpaired) electrons. The van der Waals surface area contributed by atoms with E-state index < -0.39 is 6.10 Å². The zero-order valence-electron chi connectivity index (χ0n) is 41.1. The van der Waals surface area contributed by atoms with Crippen LogP contribution >= 0.6 is 0 Å². The molecule has 62 heavy (non-hydrogen) atoms. The Labute approximate surface area is 384 Å². The molecule has 0 amide bonds. The van der Waals surface area contributed by atoms with Gasteiger partial charge in [0.05, 0.1) is 0 Å². The van der Waals surface area contributed by atoms with Crippen LogP contribution in [0.25, 0.3) is 0 Å². The van der Waals surface area contributed by atoms with Crippen LogP contribution in [0.2, 0.25) is 0 Å². The van der Waals surface area contributed by atoms with Gasteiger partial charge in [0.15, 0.2) is 6.10 Å². The SMILES string of the molecule is CCCCC/C=C\C/C=C\C/C=C\CCCCCCCCC(=O)OCC(COC(=O)CCCCCCCCCCCCCC)OC(=O)CCCCCCC/C=C\CCCCCC. The Morgan fingerprint density at radius 3 is 0.968 bits per heavy atom. The first-order valence-electron chi connectivity index (χ1n) is 26.6. The summed E-state index contributed by atoms with van der Waals surface area (Å²) in [4.78, 5) is 38.0. The second-order valence-corrected chi connectivity index (χ2v) is 17.8. The molecular weight excluding hydrogens is 769 g/mol. The Bertz CT molecular complexity index is 1090. The molecular formula is C56H100O6. The van der Waals surface area contributed by atoms with Crippen LogP contribution in [0, 0.1) is 0 Å². The Kier molecular flexibility index (Phi) is 48.8. The number of carbonyl (C=O) groups excluding carboxylic acids is 3. The lowest BCUT2D eigenvalue weighted by Gasteiger charge is -2.18. The minimum atomic E-state index is -0.779. The summed E-state index contributed by atoms with van der Waals surface area (Å²) < 4.78 is 16.8. The van der Waals surface area contributed by atoms with Gasteiger partial charge >= 0.3 is 17.9 Å². The number of esters is 3. The first-order valence-corrected chi connectivity index (χ1v) is 26.6. The molecule has 0 aromatic rings. The van der Waals surface area contributed by atoms with Gasteiger partial charge in [0, 0.05) is 19.3 Å². The molecule has 0 aliphatic rings. The van der Waals surface area contributed by atoms with Crippen LogP contribution < -0.4 is 0 Å². The van der Waals surface area contributed by atoms with Crippen molar-refractivity contribution in [3.8, 4) is 0 Å². The minimum Gasteiger partial charge on any atom is -0.462 e. The van der Waals surface area contributed by atoms with Crippen LogP contribution in [0.1, 0.15) is 271 Å². The van der Waals surface area contributed by atoms with Crippen molar-refractivity contribution < 1.29 is 28.6 Å². The fourth-order valence-corrected chi connectivity index (χ4v) is 7.50. The van der Waals surface area contributed by atoms with Crippen LogP contribution in [0.4, 0.5) is 0 Å². The van der Waals surface area contributed by atoms with Gasteiger partial charge in [-0.1, -0.05) is 217 Å². The van der Waals surface area contributed by atoms with E-state index in [1.54, 1.807) is 0 Å². The third kappa shape index (κ3) is 48.4. The van der Waals surface area contributed by atoms with Crippen molar-refractivity contribution in [2.24, 2.45) is 0 Å². The maximum atomic E-state index is 12.8. The molecule has 0 saturated heterocycles. The highest BCUT2D eigenvalue weighted by atomic mass is 16.6. The highest BCUT2D eigenvalue weighted by Crippen LogP contribution is 2.15. The summed E-state index contributed by atoms with van der Waals surface area (Å²) in [6, 6.07) is 0. The van der Waals surface area contributed by atoms with Crippen molar-refractivity contribution >= 4 is 17.9 Å². The molecule has 0 rings (SSSR count). The van der Waals surface area contributed by atoms with Gasteiger partial charge in [-0.15, -0.1) is 0 Å². The van der Waals surface area contributed by atoms with Crippen LogP contribution in [0.3, 0.4) is 0 Å². The lowest BCUT2D eigenvalue weighted by atomic mass is 10.0. The molecule has 6 nitrogen and oxygen atoms in total. The summed E-state index contributed by atoms with van der Waals surface area (Å²) in [6.07, 6.45) is 60.9. The predicted molar refractivity (Wildman–Crippen MR) is 265 cm³/mol. The second kappa shape index (κ2) is 51.0. The third-order valence-electron chi connectivity index (χ3n) is 11.6. The van der Waals surface area contributed by atoms with Gasteiger partial charge in [-0.05, 0) is 83.5 Å². The highest BCUT2D eigenvalue weighted by Gasteiger charge is 2.19. The first-order chi connectivity index (χ1) is 30.5. The number of carbonyl (C=O) groups is 3. The zero-order chi connectivity index (χ0) is 45.1. The summed E-state index contributed by atoms with van der Waals surface area (Å²) in [7, 11) is 0. The Hall–Kier alpha value is -2.63. The quantitative estimate of drug-likeness (QED) is 0.0262. The van der Waals surface area contributed by atoms with E-state index in [0.29, 0.717) is 19.3 Å². The van der Waals surface area contributed by atoms with Crippen LogP contribution in [0.5, 0.6) is 0 Å². The summed E-state index contributed by atoms with van der Waals surface area (Å²) in [5.41, 5.74) is 0. The average molecular weight is 869 g/mol. The van der Waals surface area contributed by atoms with Gasteiger partial charge in [-0.25, -0.2) is 0 Å². The molecule has 0 aliphatic carbocycles. The van der Waals surface area contributed by atoms with E-state index >= 15 is 0 Å². The van der Waals surface area contributed by atoms with Crippen LogP contribution in [0.15, 0.2) is 48.6 Å². The van der Waals surface area contributed by atoms with Gasteiger partial charge in [0.2, 0.25) is 0 Å². The number of rotatable bonds is 48. The van der Waals surface area contributed by atoms with Gasteiger partial charge in [-0.3, -0.25) is 14.4 Å². The van der Waals surface area contributed by atoms with Gasteiger partial charge < -0.3 is 14.2 Å². The largest absolute Gasteiger partial charge is 0.462 e. The fourth-order valence-electron chi connectivity index (χ4n) is 7.50. The Morgan fingerprint density at radius 2 is 0.581 bits per heavy atom. The van der Waals surface area contributed by atoms with Gasteiger partial charge in [0.1, 0.15) is 13.2 Å². The lowest BCUT2D eigenvalue weighted by Crippen LogP contribution is -2.30. The van der Waals surface area contributed by atoms with Crippen molar-refractivity contribution in [1.29, 1.82) is 0 Å². The number of unbranched alkanes of at least 4 members (excludes halogenated alkanes) is 29. The van der Waals surface area contributed by atoms with Gasteiger partial charge in [-0.2, -0.15) is 0 Å². The third-order valence-corrected chi connectivity index (χ3v) is 11.6. The predicted octanol–water partition coefficient (Wildman–Crippen LogP) is 17.5. The molecule has 0 aromatic carbocycles. The van der Waals surface area contributed by atoms with E-state index in [4.69, 9.17) is 14.2 Å². The maximum absolute atomic E-state index is 12.8.